The predicted molar refractivity (Wildman–Crippen MR) is 56.2 cm³/mol. The van der Waals surface area contributed by atoms with E-state index in [0.29, 0.717) is 5.57 Å². The van der Waals surface area contributed by atoms with Crippen molar-refractivity contribution in [3.63, 3.8) is 0 Å². The fourth-order valence-corrected chi connectivity index (χ4v) is 1.09. The summed E-state index contributed by atoms with van der Waals surface area (Å²) in [5, 5.41) is 0. The lowest BCUT2D eigenvalue weighted by Crippen LogP contribution is -2.29. The van der Waals surface area contributed by atoms with Gasteiger partial charge in [-0.15, -0.1) is 0 Å². The largest absolute Gasteiger partial charge is 0.465 e. The van der Waals surface area contributed by atoms with E-state index in [2.05, 4.69) is 0 Å². The molecule has 4 heteroatoms. The lowest BCUT2D eigenvalue weighted by molar-refractivity contribution is -0.159. The number of esters is 2. The van der Waals surface area contributed by atoms with Gasteiger partial charge in [-0.25, -0.2) is 0 Å². The Labute approximate surface area is 90.2 Å². The molecule has 0 aliphatic heterocycles. The Morgan fingerprint density at radius 2 is 1.53 bits per heavy atom. The molecule has 4 nitrogen and oxygen atoms in total. The number of ether oxygens (including phenoxy) is 2. The van der Waals surface area contributed by atoms with Crippen LogP contribution in [0.15, 0.2) is 11.6 Å². The topological polar surface area (TPSA) is 52.6 Å². The normalized spacial score (nSPS) is 11.4. The maximum atomic E-state index is 11.5. The highest BCUT2D eigenvalue weighted by Crippen LogP contribution is 2.14. The third-order valence-electron chi connectivity index (χ3n) is 1.96. The SMILES string of the molecule is CC=C(C)C(C(=O)OCC)C(=O)OCC. The summed E-state index contributed by atoms with van der Waals surface area (Å²) in [4.78, 5) is 23.0. The average Bonchev–Trinajstić information content (AvgIpc) is 2.18. The van der Waals surface area contributed by atoms with E-state index in [9.17, 15) is 9.59 Å². The molecule has 0 rings (SSSR count). The Bertz CT molecular complexity index is 237. The summed E-state index contributed by atoms with van der Waals surface area (Å²) in [6.07, 6.45) is 1.71. The van der Waals surface area contributed by atoms with Crippen molar-refractivity contribution >= 4 is 11.9 Å². The lowest BCUT2D eigenvalue weighted by atomic mass is 10.0. The van der Waals surface area contributed by atoms with E-state index >= 15 is 0 Å². The van der Waals surface area contributed by atoms with Crippen molar-refractivity contribution in [2.75, 3.05) is 13.2 Å². The van der Waals surface area contributed by atoms with Crippen LogP contribution in [-0.2, 0) is 19.1 Å². The van der Waals surface area contributed by atoms with Gasteiger partial charge in [0, 0.05) is 0 Å². The van der Waals surface area contributed by atoms with Crippen LogP contribution >= 0.6 is 0 Å². The molecule has 0 atom stereocenters. The van der Waals surface area contributed by atoms with Crippen molar-refractivity contribution in [1.82, 2.24) is 0 Å². The Morgan fingerprint density at radius 1 is 1.13 bits per heavy atom. The van der Waals surface area contributed by atoms with E-state index in [4.69, 9.17) is 9.47 Å². The van der Waals surface area contributed by atoms with Gasteiger partial charge in [0.25, 0.3) is 0 Å². The van der Waals surface area contributed by atoms with E-state index in [1.165, 1.54) is 0 Å². The maximum absolute atomic E-state index is 11.5. The Kier molecular flexibility index (Phi) is 6.42. The molecule has 0 aromatic heterocycles. The van der Waals surface area contributed by atoms with Crippen LogP contribution < -0.4 is 0 Å². The number of hydrogen-bond acceptors (Lipinski definition) is 4. The second kappa shape index (κ2) is 7.04. The maximum Gasteiger partial charge on any atom is 0.324 e. The molecule has 0 aliphatic carbocycles. The van der Waals surface area contributed by atoms with Crippen LogP contribution in [0.4, 0.5) is 0 Å². The van der Waals surface area contributed by atoms with Crippen LogP contribution in [0.25, 0.3) is 0 Å². The first-order chi connectivity index (χ1) is 7.08. The smallest absolute Gasteiger partial charge is 0.324 e. The van der Waals surface area contributed by atoms with Crippen molar-refractivity contribution in [1.29, 1.82) is 0 Å². The molecular formula is C11H18O4. The summed E-state index contributed by atoms with van der Waals surface area (Å²) in [6, 6.07) is 0. The van der Waals surface area contributed by atoms with Crippen molar-refractivity contribution in [2.45, 2.75) is 27.7 Å². The van der Waals surface area contributed by atoms with Crippen LogP contribution in [0.2, 0.25) is 0 Å². The predicted octanol–water partition coefficient (Wildman–Crippen LogP) is 1.70. The van der Waals surface area contributed by atoms with Crippen LogP contribution in [0.3, 0.4) is 0 Å². The van der Waals surface area contributed by atoms with Gasteiger partial charge < -0.3 is 9.47 Å². The van der Waals surface area contributed by atoms with Crippen molar-refractivity contribution in [3.05, 3.63) is 11.6 Å². The van der Waals surface area contributed by atoms with E-state index in [-0.39, 0.29) is 13.2 Å². The highest BCUT2D eigenvalue weighted by Gasteiger charge is 2.30. The summed E-state index contributed by atoms with van der Waals surface area (Å²) in [5.74, 6) is -2.02. The molecule has 0 N–H and O–H groups in total. The molecule has 0 radical (unpaired) electrons. The Morgan fingerprint density at radius 3 is 1.80 bits per heavy atom. The molecule has 0 aliphatic rings. The first-order valence-electron chi connectivity index (χ1n) is 5.04. The first kappa shape index (κ1) is 13.7. The molecule has 0 spiro atoms. The molecule has 0 aromatic carbocycles. The summed E-state index contributed by atoms with van der Waals surface area (Å²) in [5.41, 5.74) is 0.645. The zero-order valence-corrected chi connectivity index (χ0v) is 9.70. The third-order valence-corrected chi connectivity index (χ3v) is 1.96. The van der Waals surface area contributed by atoms with E-state index < -0.39 is 17.9 Å². The van der Waals surface area contributed by atoms with Crippen molar-refractivity contribution in [2.24, 2.45) is 5.92 Å². The van der Waals surface area contributed by atoms with Crippen LogP contribution in [0, 0.1) is 5.92 Å². The molecular weight excluding hydrogens is 196 g/mol. The Balaban J connectivity index is 4.73. The molecule has 0 aromatic rings. The van der Waals surface area contributed by atoms with Gasteiger partial charge in [0.05, 0.1) is 13.2 Å². The lowest BCUT2D eigenvalue weighted by Gasteiger charge is -2.14. The standard InChI is InChI=1S/C11H18O4/c1-5-8(4)9(10(12)14-6-2)11(13)15-7-3/h5,9H,6-7H2,1-4H3. The first-order valence-corrected chi connectivity index (χ1v) is 5.04. The summed E-state index contributed by atoms with van der Waals surface area (Å²) in [7, 11) is 0. The minimum atomic E-state index is -0.921. The van der Waals surface area contributed by atoms with Gasteiger partial charge in [0.2, 0.25) is 0 Å². The van der Waals surface area contributed by atoms with Crippen LogP contribution in [0.5, 0.6) is 0 Å². The number of carbonyl (C=O) groups is 2. The van der Waals surface area contributed by atoms with Crippen molar-refractivity contribution in [3.8, 4) is 0 Å². The number of rotatable bonds is 5. The molecule has 0 fully saturated rings. The number of allylic oxidation sites excluding steroid dienone is 1. The summed E-state index contributed by atoms with van der Waals surface area (Å²) in [6.45, 7) is 7.38. The molecule has 15 heavy (non-hydrogen) atoms. The van der Waals surface area contributed by atoms with E-state index in [1.807, 2.05) is 0 Å². The van der Waals surface area contributed by atoms with Crippen LogP contribution in [-0.4, -0.2) is 25.2 Å². The summed E-state index contributed by atoms with van der Waals surface area (Å²) < 4.78 is 9.63. The molecule has 0 heterocycles. The number of carbonyl (C=O) groups excluding carboxylic acids is 2. The van der Waals surface area contributed by atoms with Gasteiger partial charge >= 0.3 is 11.9 Å². The molecule has 0 saturated heterocycles. The minimum Gasteiger partial charge on any atom is -0.465 e. The van der Waals surface area contributed by atoms with E-state index in [0.717, 1.165) is 0 Å². The zero-order valence-electron chi connectivity index (χ0n) is 9.70. The third kappa shape index (κ3) is 4.14. The molecule has 86 valence electrons. The Hall–Kier alpha value is -1.32. The molecule has 0 amide bonds. The van der Waals surface area contributed by atoms with Gasteiger partial charge in [-0.1, -0.05) is 11.6 Å². The molecule has 0 unspecified atom stereocenters. The average molecular weight is 214 g/mol. The minimum absolute atomic E-state index is 0.256. The van der Waals surface area contributed by atoms with Crippen LogP contribution in [0.1, 0.15) is 27.7 Å². The van der Waals surface area contributed by atoms with Gasteiger partial charge in [-0.2, -0.15) is 0 Å². The van der Waals surface area contributed by atoms with E-state index in [1.54, 1.807) is 33.8 Å². The highest BCUT2D eigenvalue weighted by molar-refractivity contribution is 5.98. The van der Waals surface area contributed by atoms with Gasteiger partial charge in [-0.3, -0.25) is 9.59 Å². The van der Waals surface area contributed by atoms with Crippen molar-refractivity contribution < 1.29 is 19.1 Å². The molecule has 0 bridgehead atoms. The van der Waals surface area contributed by atoms with Gasteiger partial charge in [0.15, 0.2) is 5.92 Å². The monoisotopic (exact) mass is 214 g/mol. The zero-order chi connectivity index (χ0) is 11.8. The molecule has 0 saturated carbocycles. The van der Waals surface area contributed by atoms with Gasteiger partial charge in [0.1, 0.15) is 0 Å². The quantitative estimate of drug-likeness (QED) is 0.397. The number of hydrogen-bond donors (Lipinski definition) is 0. The second-order valence-corrected chi connectivity index (χ2v) is 2.97. The summed E-state index contributed by atoms with van der Waals surface area (Å²) >= 11 is 0. The fraction of sp³-hybridized carbons (Fsp3) is 0.636. The fourth-order valence-electron chi connectivity index (χ4n) is 1.09. The highest BCUT2D eigenvalue weighted by atomic mass is 16.6. The van der Waals surface area contributed by atoms with Gasteiger partial charge in [-0.05, 0) is 27.7 Å². The second-order valence-electron chi connectivity index (χ2n) is 2.97.